The molecule has 1 amide bonds. The summed E-state index contributed by atoms with van der Waals surface area (Å²) in [5.74, 6) is -0.578. The number of non-ortho nitro benzene ring substituents is 1. The first-order valence-corrected chi connectivity index (χ1v) is 8.25. The van der Waals surface area contributed by atoms with Crippen LogP contribution in [0.5, 0.6) is 11.5 Å². The van der Waals surface area contributed by atoms with Crippen molar-refractivity contribution in [2.45, 2.75) is 6.92 Å². The van der Waals surface area contributed by atoms with Crippen molar-refractivity contribution >= 4 is 39.7 Å². The molecule has 0 bridgehead atoms. The van der Waals surface area contributed by atoms with Gasteiger partial charge in [0.15, 0.2) is 11.5 Å². The molecule has 0 heterocycles. The minimum atomic E-state index is -0.600. The summed E-state index contributed by atoms with van der Waals surface area (Å²) in [6, 6.07) is 8.46. The van der Waals surface area contributed by atoms with E-state index in [4.69, 9.17) is 9.47 Å². The van der Waals surface area contributed by atoms with Crippen LogP contribution in [0.2, 0.25) is 0 Å². The van der Waals surface area contributed by atoms with Gasteiger partial charge in [0.1, 0.15) is 0 Å². The summed E-state index contributed by atoms with van der Waals surface area (Å²) in [7, 11) is 1.42. The third kappa shape index (κ3) is 5.35. The average Bonchev–Trinajstić information content (AvgIpc) is 2.63. The first-order chi connectivity index (χ1) is 12.8. The van der Waals surface area contributed by atoms with Crippen LogP contribution >= 0.6 is 15.9 Å². The van der Waals surface area contributed by atoms with Crippen molar-refractivity contribution in [3.63, 3.8) is 0 Å². The van der Waals surface area contributed by atoms with Crippen LogP contribution in [0, 0.1) is 10.1 Å². The predicted octanol–water partition coefficient (Wildman–Crippen LogP) is 3.06. The highest BCUT2D eigenvalue weighted by Gasteiger charge is 2.14. The maximum atomic E-state index is 12.0. The second-order valence-corrected chi connectivity index (χ2v) is 5.99. The van der Waals surface area contributed by atoms with Gasteiger partial charge in [-0.2, -0.15) is 5.10 Å². The van der Waals surface area contributed by atoms with Gasteiger partial charge >= 0.3 is 5.97 Å². The normalized spacial score (nSPS) is 10.5. The molecule has 0 aliphatic heterocycles. The molecule has 1 N–H and O–H groups in total. The van der Waals surface area contributed by atoms with Gasteiger partial charge < -0.3 is 9.47 Å². The van der Waals surface area contributed by atoms with Gasteiger partial charge in [-0.1, -0.05) is 6.07 Å². The summed E-state index contributed by atoms with van der Waals surface area (Å²) in [6.07, 6.45) is 1.35. The zero-order chi connectivity index (χ0) is 20.0. The van der Waals surface area contributed by atoms with Crippen molar-refractivity contribution < 1.29 is 24.0 Å². The van der Waals surface area contributed by atoms with E-state index in [1.807, 2.05) is 0 Å². The molecule has 2 rings (SSSR count). The number of ether oxygens (including phenoxy) is 2. The third-order valence-electron chi connectivity index (χ3n) is 3.20. The number of hydrogen-bond donors (Lipinski definition) is 1. The van der Waals surface area contributed by atoms with Gasteiger partial charge in [0, 0.05) is 24.6 Å². The Morgan fingerprint density at radius 3 is 2.67 bits per heavy atom. The lowest BCUT2D eigenvalue weighted by Crippen LogP contribution is -2.17. The van der Waals surface area contributed by atoms with Gasteiger partial charge in [-0.3, -0.25) is 19.7 Å². The third-order valence-corrected chi connectivity index (χ3v) is 3.79. The highest BCUT2D eigenvalue weighted by molar-refractivity contribution is 9.10. The quantitative estimate of drug-likeness (QED) is 0.244. The number of esters is 1. The monoisotopic (exact) mass is 435 g/mol. The number of nitrogens with zero attached hydrogens (tertiary/aromatic N) is 2. The lowest BCUT2D eigenvalue weighted by atomic mass is 10.2. The SMILES string of the molecule is COc1cc(/C=N\NC(=O)c2cccc([N+](=O)[O-])c2)cc(Br)c1OC(C)=O. The number of hydrazone groups is 1. The van der Waals surface area contributed by atoms with E-state index >= 15 is 0 Å². The largest absolute Gasteiger partial charge is 0.493 e. The molecule has 0 aliphatic carbocycles. The van der Waals surface area contributed by atoms with Gasteiger partial charge in [-0.05, 0) is 39.7 Å². The van der Waals surface area contributed by atoms with E-state index in [9.17, 15) is 19.7 Å². The summed E-state index contributed by atoms with van der Waals surface area (Å²) < 4.78 is 10.7. The Bertz CT molecular complexity index is 929. The van der Waals surface area contributed by atoms with Gasteiger partial charge in [0.25, 0.3) is 11.6 Å². The number of rotatable bonds is 6. The fraction of sp³-hybridized carbons (Fsp3) is 0.118. The van der Waals surface area contributed by atoms with Crippen molar-refractivity contribution in [1.29, 1.82) is 0 Å². The van der Waals surface area contributed by atoms with Crippen LogP contribution in [-0.2, 0) is 4.79 Å². The molecule has 0 saturated carbocycles. The highest BCUT2D eigenvalue weighted by atomic mass is 79.9. The second-order valence-electron chi connectivity index (χ2n) is 5.13. The van der Waals surface area contributed by atoms with E-state index in [-0.39, 0.29) is 17.0 Å². The van der Waals surface area contributed by atoms with Crippen molar-refractivity contribution in [3.05, 3.63) is 62.1 Å². The minimum Gasteiger partial charge on any atom is -0.493 e. The molecule has 0 spiro atoms. The van der Waals surface area contributed by atoms with Crippen LogP contribution in [0.3, 0.4) is 0 Å². The molecule has 2 aromatic carbocycles. The van der Waals surface area contributed by atoms with E-state index in [0.29, 0.717) is 15.8 Å². The zero-order valence-corrected chi connectivity index (χ0v) is 15.8. The van der Waals surface area contributed by atoms with Crippen molar-refractivity contribution in [2.75, 3.05) is 7.11 Å². The van der Waals surface area contributed by atoms with E-state index < -0.39 is 16.8 Å². The number of nitro benzene ring substituents is 1. The molecule has 27 heavy (non-hydrogen) atoms. The molecule has 0 saturated heterocycles. The molecule has 0 radical (unpaired) electrons. The number of methoxy groups -OCH3 is 1. The number of nitro groups is 1. The summed E-state index contributed by atoms with van der Waals surface area (Å²) >= 11 is 3.28. The van der Waals surface area contributed by atoms with Crippen molar-refractivity contribution in [2.24, 2.45) is 5.10 Å². The first-order valence-electron chi connectivity index (χ1n) is 7.45. The molecule has 0 aliphatic rings. The van der Waals surface area contributed by atoms with Crippen molar-refractivity contribution in [3.8, 4) is 11.5 Å². The molecular weight excluding hydrogens is 422 g/mol. The molecule has 0 aromatic heterocycles. The summed E-state index contributed by atoms with van der Waals surface area (Å²) in [6.45, 7) is 1.27. The average molecular weight is 436 g/mol. The summed E-state index contributed by atoms with van der Waals surface area (Å²) in [5.41, 5.74) is 2.74. The van der Waals surface area contributed by atoms with Crippen LogP contribution in [0.25, 0.3) is 0 Å². The molecule has 9 nitrogen and oxygen atoms in total. The number of nitrogens with one attached hydrogen (secondary N) is 1. The van der Waals surface area contributed by atoms with Crippen LogP contribution in [-0.4, -0.2) is 30.1 Å². The smallest absolute Gasteiger partial charge is 0.308 e. The molecular formula is C17H14BrN3O6. The highest BCUT2D eigenvalue weighted by Crippen LogP contribution is 2.36. The van der Waals surface area contributed by atoms with Crippen LogP contribution < -0.4 is 14.9 Å². The van der Waals surface area contributed by atoms with E-state index in [0.717, 1.165) is 6.07 Å². The molecule has 140 valence electrons. The molecule has 0 unspecified atom stereocenters. The Balaban J connectivity index is 2.15. The Morgan fingerprint density at radius 2 is 2.04 bits per heavy atom. The topological polar surface area (TPSA) is 120 Å². The van der Waals surface area contributed by atoms with E-state index in [2.05, 4.69) is 26.5 Å². The lowest BCUT2D eigenvalue weighted by Gasteiger charge is -2.10. The van der Waals surface area contributed by atoms with Gasteiger partial charge in [-0.25, -0.2) is 5.43 Å². The summed E-state index contributed by atoms with van der Waals surface area (Å²) in [4.78, 5) is 33.4. The maximum absolute atomic E-state index is 12.0. The number of hydrogen-bond acceptors (Lipinski definition) is 7. The number of benzene rings is 2. The second kappa shape index (κ2) is 8.90. The van der Waals surface area contributed by atoms with Gasteiger partial charge in [-0.15, -0.1) is 0 Å². The van der Waals surface area contributed by atoms with E-state index in [1.165, 1.54) is 38.4 Å². The van der Waals surface area contributed by atoms with Crippen LogP contribution in [0.1, 0.15) is 22.8 Å². The maximum Gasteiger partial charge on any atom is 0.308 e. The Hall–Kier alpha value is -3.27. The minimum absolute atomic E-state index is 0.102. The molecule has 0 fully saturated rings. The zero-order valence-electron chi connectivity index (χ0n) is 14.3. The Morgan fingerprint density at radius 1 is 1.30 bits per heavy atom. The van der Waals surface area contributed by atoms with Gasteiger partial charge in [0.05, 0.1) is 22.7 Å². The van der Waals surface area contributed by atoms with Crippen LogP contribution in [0.4, 0.5) is 5.69 Å². The van der Waals surface area contributed by atoms with Gasteiger partial charge in [0.2, 0.25) is 0 Å². The van der Waals surface area contributed by atoms with Crippen molar-refractivity contribution in [1.82, 2.24) is 5.43 Å². The predicted molar refractivity (Wildman–Crippen MR) is 100 cm³/mol. The standard InChI is InChI=1S/C17H14BrN3O6/c1-10(22)27-16-14(18)6-11(7-15(16)26-2)9-19-20-17(23)12-4-3-5-13(8-12)21(24)25/h3-9H,1-2H3,(H,20,23)/b19-9-. The molecule has 2 aromatic rings. The molecule has 10 heteroatoms. The number of carbonyl (C=O) groups is 2. The van der Waals surface area contributed by atoms with Crippen LogP contribution in [0.15, 0.2) is 46.0 Å². The first kappa shape index (κ1) is 20.0. The molecule has 0 atom stereocenters. The fourth-order valence-corrected chi connectivity index (χ4v) is 2.59. The Labute approximate surface area is 162 Å². The number of halogens is 1. The summed E-state index contributed by atoms with van der Waals surface area (Å²) in [5, 5.41) is 14.6. The fourth-order valence-electron chi connectivity index (χ4n) is 2.05. The van der Waals surface area contributed by atoms with E-state index in [1.54, 1.807) is 12.1 Å². The lowest BCUT2D eigenvalue weighted by molar-refractivity contribution is -0.384. The number of amides is 1. The Kier molecular flexibility index (Phi) is 6.61. The number of carbonyl (C=O) groups excluding carboxylic acids is 2.